The fourth-order valence-electron chi connectivity index (χ4n) is 3.39. The van der Waals surface area contributed by atoms with Crippen molar-refractivity contribution in [2.45, 2.75) is 6.92 Å². The van der Waals surface area contributed by atoms with E-state index in [1.54, 1.807) is 12.1 Å². The van der Waals surface area contributed by atoms with Gasteiger partial charge in [-0.15, -0.1) is 10.2 Å². The number of benzene rings is 3. The van der Waals surface area contributed by atoms with Gasteiger partial charge in [0, 0.05) is 17.2 Å². The molecule has 1 N–H and O–H groups in total. The number of nitrogens with one attached hydrogen (secondary N) is 1. The third-order valence-electron chi connectivity index (χ3n) is 4.95. The largest absolute Gasteiger partial charge is 1.00 e. The number of ether oxygens (including phenoxy) is 1. The Bertz CT molecular complexity index is 1570. The Morgan fingerprint density at radius 2 is 1.52 bits per heavy atom. The van der Waals surface area contributed by atoms with Crippen LogP contribution in [0.15, 0.2) is 78.9 Å². The monoisotopic (exact) mass is 583 g/mol. The summed E-state index contributed by atoms with van der Waals surface area (Å²) in [7, 11) is -5.12. The van der Waals surface area contributed by atoms with Gasteiger partial charge in [-0.3, -0.25) is 0 Å². The van der Waals surface area contributed by atoms with E-state index in [0.29, 0.717) is 34.7 Å². The molecule has 186 valence electrons. The van der Waals surface area contributed by atoms with Gasteiger partial charge in [0.15, 0.2) is 0 Å². The first kappa shape index (κ1) is 34.6. The van der Waals surface area contributed by atoms with Crippen LogP contribution < -0.4 is 108 Å². The zero-order valence-corrected chi connectivity index (χ0v) is 29.1. The number of phosphoric ester groups is 1. The standard InChI is InChI=1S/C24H19N7O5P.3Na/c1-15-13-22(27-24(25-15)26-18-7-5-16(6-8-18)23-28-30-31-29-23)17-3-2-4-21(14-17)35-19-9-11-20(12-10-19)36-37(32,33)34;;;/h2-14H,1H3,(H3-,25,26,27,28,29,30,31,32,33,34);;;/q-1;3*+1/p-2. The summed E-state index contributed by atoms with van der Waals surface area (Å²) in [5, 5.41) is 18.4. The average Bonchev–Trinajstić information content (AvgIpc) is 3.40. The van der Waals surface area contributed by atoms with Crippen LogP contribution in [0, 0.1) is 6.92 Å². The summed E-state index contributed by atoms with van der Waals surface area (Å²) in [4.78, 5) is 30.5. The molecule has 5 rings (SSSR count). The van der Waals surface area contributed by atoms with Gasteiger partial charge in [0.25, 0.3) is 0 Å². The van der Waals surface area contributed by atoms with Crippen molar-refractivity contribution in [1.29, 1.82) is 0 Å². The fraction of sp³-hybridized carbons (Fsp3) is 0.0417. The van der Waals surface area contributed by atoms with Gasteiger partial charge in [0.05, 0.1) is 0 Å². The number of hydrogen-bond acceptors (Lipinski definition) is 10. The van der Waals surface area contributed by atoms with Gasteiger partial charge >= 0.3 is 88.7 Å². The van der Waals surface area contributed by atoms with Crippen LogP contribution in [0.25, 0.3) is 28.0 Å². The molecule has 40 heavy (non-hydrogen) atoms. The first-order valence-electron chi connectivity index (χ1n) is 10.8. The molecule has 0 radical (unpaired) electrons. The third kappa shape index (κ3) is 9.73. The van der Waals surface area contributed by atoms with Crippen LogP contribution in [-0.4, -0.2) is 30.6 Å². The summed E-state index contributed by atoms with van der Waals surface area (Å²) in [5.74, 6) is 1.65. The number of aryl methyl sites for hydroxylation is 1. The molecule has 0 aliphatic rings. The summed E-state index contributed by atoms with van der Waals surface area (Å²) in [6.07, 6.45) is 0. The second-order valence-electron chi connectivity index (χ2n) is 7.73. The SMILES string of the molecule is Cc1cc(-c2cccc(Oc3ccc(OP(=O)([O-])[O-])cc3)c2)nc([N-]c2ccc(-c3nn[nH]n3)cc2)n1.[Na+].[Na+].[Na+]. The van der Waals surface area contributed by atoms with Gasteiger partial charge in [-0.05, 0) is 71.5 Å². The van der Waals surface area contributed by atoms with E-state index >= 15 is 0 Å². The van der Waals surface area contributed by atoms with E-state index in [2.05, 4.69) is 40.4 Å². The number of aromatic amines is 1. The molecule has 12 nitrogen and oxygen atoms in total. The van der Waals surface area contributed by atoms with Crippen molar-refractivity contribution in [2.75, 3.05) is 0 Å². The number of aromatic nitrogens is 6. The predicted molar refractivity (Wildman–Crippen MR) is 129 cm³/mol. The van der Waals surface area contributed by atoms with Gasteiger partial charge in [-0.25, -0.2) is 0 Å². The Labute approximate surface area is 295 Å². The molecule has 0 bridgehead atoms. The third-order valence-corrected chi connectivity index (χ3v) is 5.38. The summed E-state index contributed by atoms with van der Waals surface area (Å²) in [5.41, 5.74) is 3.64. The van der Waals surface area contributed by atoms with E-state index in [1.807, 2.05) is 49.4 Å². The molecule has 0 atom stereocenters. The number of hydrogen-bond donors (Lipinski definition) is 1. The Kier molecular flexibility index (Phi) is 13.4. The fourth-order valence-corrected chi connectivity index (χ4v) is 3.77. The van der Waals surface area contributed by atoms with Crippen LogP contribution in [0.2, 0.25) is 0 Å². The van der Waals surface area contributed by atoms with Gasteiger partial charge in [-0.1, -0.05) is 36.4 Å². The molecule has 2 heterocycles. The van der Waals surface area contributed by atoms with Crippen molar-refractivity contribution in [1.82, 2.24) is 30.6 Å². The smallest absolute Gasteiger partial charge is 0.780 e. The number of nitrogens with zero attached hydrogens (tertiary/aromatic N) is 6. The van der Waals surface area contributed by atoms with Crippen molar-refractivity contribution in [3.8, 4) is 39.9 Å². The van der Waals surface area contributed by atoms with Crippen LogP contribution in [0.3, 0.4) is 0 Å². The van der Waals surface area contributed by atoms with Gasteiger partial charge in [-0.2, -0.15) is 5.21 Å². The van der Waals surface area contributed by atoms with Crippen molar-refractivity contribution >= 4 is 19.5 Å². The van der Waals surface area contributed by atoms with Crippen molar-refractivity contribution in [2.24, 2.45) is 0 Å². The van der Waals surface area contributed by atoms with E-state index in [4.69, 9.17) is 4.74 Å². The molecule has 2 aromatic heterocycles. The number of phosphoric acid groups is 1. The molecule has 0 saturated carbocycles. The van der Waals surface area contributed by atoms with E-state index in [-0.39, 0.29) is 94.4 Å². The molecule has 0 amide bonds. The average molecular weight is 583 g/mol. The van der Waals surface area contributed by atoms with E-state index in [9.17, 15) is 14.4 Å². The maximum atomic E-state index is 10.8. The maximum Gasteiger partial charge on any atom is 1.00 e. The zero-order chi connectivity index (χ0) is 25.8. The second kappa shape index (κ2) is 15.5. The quantitative estimate of drug-likeness (QED) is 0.138. The second-order valence-corrected chi connectivity index (χ2v) is 8.81. The topological polar surface area (TPSA) is 176 Å². The summed E-state index contributed by atoms with van der Waals surface area (Å²) in [6.45, 7) is 1.86. The molecule has 0 aliphatic carbocycles. The molecule has 0 fully saturated rings. The molecular weight excluding hydrogens is 566 g/mol. The first-order chi connectivity index (χ1) is 17.8. The molecule has 0 saturated heterocycles. The van der Waals surface area contributed by atoms with Crippen LogP contribution >= 0.6 is 7.82 Å². The van der Waals surface area contributed by atoms with E-state index in [1.165, 1.54) is 24.3 Å². The number of rotatable bonds is 8. The van der Waals surface area contributed by atoms with Crippen molar-refractivity contribution in [3.63, 3.8) is 0 Å². The minimum absolute atomic E-state index is 0. The summed E-state index contributed by atoms with van der Waals surface area (Å²) in [6, 6.07) is 22.1. The zero-order valence-electron chi connectivity index (χ0n) is 22.2. The molecule has 0 unspecified atom stereocenters. The van der Waals surface area contributed by atoms with Crippen LogP contribution in [0.4, 0.5) is 11.6 Å². The minimum Gasteiger partial charge on any atom is -0.780 e. The Morgan fingerprint density at radius 1 is 0.825 bits per heavy atom. The maximum absolute atomic E-state index is 10.8. The molecule has 16 heteroatoms. The number of H-pyrrole nitrogens is 1. The molecular formula is C24H17N7Na3O5P. The van der Waals surface area contributed by atoms with E-state index in [0.717, 1.165) is 16.8 Å². The first-order valence-corrected chi connectivity index (χ1v) is 12.3. The predicted octanol–water partition coefficient (Wildman–Crippen LogP) is -5.02. The van der Waals surface area contributed by atoms with Crippen LogP contribution in [-0.2, 0) is 4.57 Å². The van der Waals surface area contributed by atoms with Crippen LogP contribution in [0.5, 0.6) is 17.2 Å². The van der Waals surface area contributed by atoms with Gasteiger partial charge in [0.2, 0.25) is 5.82 Å². The van der Waals surface area contributed by atoms with Crippen molar-refractivity contribution in [3.05, 3.63) is 89.9 Å². The summed E-state index contributed by atoms with van der Waals surface area (Å²) >= 11 is 0. The molecule has 3 aromatic carbocycles. The normalized spacial score (nSPS) is 10.4. The Hall–Kier alpha value is -1.64. The Morgan fingerprint density at radius 3 is 2.17 bits per heavy atom. The molecule has 0 aliphatic heterocycles. The number of tetrazole rings is 1. The Balaban J connectivity index is 0.00000187. The van der Waals surface area contributed by atoms with Crippen LogP contribution in [0.1, 0.15) is 5.69 Å². The molecule has 0 spiro atoms. The molecule has 5 aromatic rings. The van der Waals surface area contributed by atoms with Crippen molar-refractivity contribution < 1.29 is 112 Å². The van der Waals surface area contributed by atoms with Gasteiger partial charge in [0.1, 0.15) is 25.1 Å². The minimum atomic E-state index is -5.12. The summed E-state index contributed by atoms with van der Waals surface area (Å²) < 4.78 is 20.9. The van der Waals surface area contributed by atoms with E-state index < -0.39 is 7.82 Å². The van der Waals surface area contributed by atoms with Gasteiger partial charge < -0.3 is 38.9 Å².